The Bertz CT molecular complexity index is 1690. The van der Waals surface area contributed by atoms with Crippen molar-refractivity contribution < 1.29 is 33.2 Å². The van der Waals surface area contributed by atoms with Gasteiger partial charge in [0.2, 0.25) is 6.29 Å². The van der Waals surface area contributed by atoms with Crippen LogP contribution in [0.2, 0.25) is 5.02 Å². The quantitative estimate of drug-likeness (QED) is 0.103. The van der Waals surface area contributed by atoms with Crippen molar-refractivity contribution in [3.05, 3.63) is 178 Å². The topological polar surface area (TPSA) is 72.5 Å². The number of rotatable bonds is 15. The number of halogens is 1. The Labute approximate surface area is 292 Å². The van der Waals surface area contributed by atoms with Crippen LogP contribution < -0.4 is 0 Å². The van der Waals surface area contributed by atoms with Gasteiger partial charge in [-0.15, -0.1) is 0 Å². The van der Waals surface area contributed by atoms with E-state index >= 15 is 0 Å². The summed E-state index contributed by atoms with van der Waals surface area (Å²) in [6.07, 6.45) is -4.03. The van der Waals surface area contributed by atoms with Crippen LogP contribution in [0.4, 0.5) is 0 Å². The highest BCUT2D eigenvalue weighted by molar-refractivity contribution is 6.30. The molecule has 0 bridgehead atoms. The summed E-state index contributed by atoms with van der Waals surface area (Å²) in [6, 6.07) is 46.0. The highest BCUT2D eigenvalue weighted by Crippen LogP contribution is 2.32. The molecule has 1 heterocycles. The van der Waals surface area contributed by atoms with Crippen molar-refractivity contribution in [2.75, 3.05) is 6.61 Å². The summed E-state index contributed by atoms with van der Waals surface area (Å²) in [4.78, 5) is 13.5. The minimum absolute atomic E-state index is 0.153. The minimum Gasteiger partial charge on any atom is -0.429 e. The fraction of sp³-hybridized carbons (Fsp3) is 0.244. The van der Waals surface area contributed by atoms with Gasteiger partial charge in [0.1, 0.15) is 24.4 Å². The lowest BCUT2D eigenvalue weighted by atomic mass is 9.97. The molecule has 1 saturated heterocycles. The molecule has 1 aliphatic heterocycles. The molecule has 1 fully saturated rings. The predicted molar refractivity (Wildman–Crippen MR) is 187 cm³/mol. The van der Waals surface area contributed by atoms with Crippen molar-refractivity contribution in [1.29, 1.82) is 0 Å². The summed E-state index contributed by atoms with van der Waals surface area (Å²) in [5.74, 6) is -0.579. The summed E-state index contributed by atoms with van der Waals surface area (Å²) >= 11 is 6.10. The third-order valence-corrected chi connectivity index (χ3v) is 8.40. The highest BCUT2D eigenvalue weighted by atomic mass is 35.5. The van der Waals surface area contributed by atoms with Gasteiger partial charge in [-0.3, -0.25) is 0 Å². The molecule has 5 aromatic rings. The Balaban J connectivity index is 1.32. The molecule has 0 aliphatic carbocycles. The van der Waals surface area contributed by atoms with Crippen LogP contribution in [0.3, 0.4) is 0 Å². The summed E-state index contributed by atoms with van der Waals surface area (Å²) in [5, 5.41) is 0.512. The van der Waals surface area contributed by atoms with Gasteiger partial charge in [0.15, 0.2) is 0 Å². The van der Waals surface area contributed by atoms with Gasteiger partial charge >= 0.3 is 5.97 Å². The molecule has 5 atom stereocenters. The Kier molecular flexibility index (Phi) is 12.6. The molecule has 252 valence electrons. The van der Waals surface area contributed by atoms with E-state index in [1.165, 1.54) is 0 Å². The Morgan fingerprint density at radius 2 is 0.959 bits per heavy atom. The number of hydrogen-bond donors (Lipinski definition) is 0. The molecule has 1 aliphatic rings. The van der Waals surface area contributed by atoms with E-state index in [1.54, 1.807) is 24.3 Å². The number of benzene rings is 5. The lowest BCUT2D eigenvalue weighted by Crippen LogP contribution is -2.62. The third-order valence-electron chi connectivity index (χ3n) is 8.14. The lowest BCUT2D eigenvalue weighted by molar-refractivity contribution is -0.315. The second kappa shape index (κ2) is 17.9. The van der Waals surface area contributed by atoms with Gasteiger partial charge in [0, 0.05) is 5.02 Å². The van der Waals surface area contributed by atoms with E-state index < -0.39 is 36.7 Å². The maximum atomic E-state index is 13.5. The zero-order valence-electron chi connectivity index (χ0n) is 27.0. The van der Waals surface area contributed by atoms with Crippen LogP contribution in [0.5, 0.6) is 0 Å². The normalized spacial score (nSPS) is 20.5. The number of esters is 1. The number of ether oxygens (including phenoxy) is 6. The van der Waals surface area contributed by atoms with Gasteiger partial charge in [-0.1, -0.05) is 133 Å². The van der Waals surface area contributed by atoms with E-state index in [1.807, 2.05) is 121 Å². The van der Waals surface area contributed by atoms with Crippen LogP contribution in [-0.2, 0) is 54.8 Å². The van der Waals surface area contributed by atoms with Crippen LogP contribution in [0.25, 0.3) is 0 Å². The van der Waals surface area contributed by atoms with E-state index in [0.29, 0.717) is 23.8 Å². The van der Waals surface area contributed by atoms with E-state index in [4.69, 9.17) is 40.0 Å². The molecule has 0 N–H and O–H groups in total. The first-order valence-electron chi connectivity index (χ1n) is 16.3. The molecule has 0 saturated carbocycles. The monoisotopic (exact) mass is 678 g/mol. The summed E-state index contributed by atoms with van der Waals surface area (Å²) in [6.45, 7) is 1.33. The summed E-state index contributed by atoms with van der Waals surface area (Å²) < 4.78 is 38.8. The Hall–Kier alpha value is -4.34. The van der Waals surface area contributed by atoms with Gasteiger partial charge in [0.05, 0.1) is 38.6 Å². The molecule has 0 amide bonds. The first-order chi connectivity index (χ1) is 24.1. The third kappa shape index (κ3) is 10.1. The van der Waals surface area contributed by atoms with Crippen molar-refractivity contribution >= 4 is 17.6 Å². The van der Waals surface area contributed by atoms with Crippen molar-refractivity contribution in [2.45, 2.75) is 57.1 Å². The molecule has 5 aromatic carbocycles. The van der Waals surface area contributed by atoms with Gasteiger partial charge in [-0.05, 0) is 46.5 Å². The lowest BCUT2D eigenvalue weighted by Gasteiger charge is -2.45. The van der Waals surface area contributed by atoms with Gasteiger partial charge in [-0.25, -0.2) is 4.79 Å². The first-order valence-corrected chi connectivity index (χ1v) is 16.7. The molecule has 0 spiro atoms. The SMILES string of the molecule is O=C(O[C@@H]1O[C@H](COCc2ccccc2)[C@@H](OCc2ccccc2)[C@H](OCc2ccccc2)[C@H]1OCc1ccccc1)c1ccc(Cl)cc1. The van der Waals surface area contributed by atoms with Crippen LogP contribution in [0, 0.1) is 0 Å². The molecule has 0 radical (unpaired) electrons. The summed E-state index contributed by atoms with van der Waals surface area (Å²) in [7, 11) is 0. The number of carbonyl (C=O) groups is 1. The van der Waals surface area contributed by atoms with Gasteiger partial charge in [0.25, 0.3) is 0 Å². The molecule has 6 rings (SSSR count). The summed E-state index contributed by atoms with van der Waals surface area (Å²) in [5.41, 5.74) is 4.26. The van der Waals surface area contributed by atoms with Crippen molar-refractivity contribution in [3.8, 4) is 0 Å². The fourth-order valence-electron chi connectivity index (χ4n) is 5.60. The largest absolute Gasteiger partial charge is 0.429 e. The van der Waals surface area contributed by atoms with Gasteiger partial charge in [-0.2, -0.15) is 0 Å². The molecular weight excluding hydrogens is 640 g/mol. The number of carbonyl (C=O) groups excluding carboxylic acids is 1. The van der Waals surface area contributed by atoms with E-state index in [0.717, 1.165) is 22.3 Å². The predicted octanol–water partition coefficient (Wildman–Crippen LogP) is 8.19. The Morgan fingerprint density at radius 3 is 1.45 bits per heavy atom. The van der Waals surface area contributed by atoms with Crippen LogP contribution >= 0.6 is 11.6 Å². The average molecular weight is 679 g/mol. The molecule has 0 unspecified atom stereocenters. The Morgan fingerprint density at radius 1 is 0.531 bits per heavy atom. The van der Waals surface area contributed by atoms with E-state index in [-0.39, 0.29) is 19.8 Å². The van der Waals surface area contributed by atoms with E-state index in [9.17, 15) is 4.79 Å². The second-order valence-corrected chi connectivity index (χ2v) is 12.2. The molecule has 49 heavy (non-hydrogen) atoms. The highest BCUT2D eigenvalue weighted by Gasteiger charge is 2.50. The molecule has 8 heteroatoms. The van der Waals surface area contributed by atoms with Crippen LogP contribution in [0.1, 0.15) is 32.6 Å². The van der Waals surface area contributed by atoms with Crippen molar-refractivity contribution in [2.24, 2.45) is 0 Å². The molecule has 0 aromatic heterocycles. The van der Waals surface area contributed by atoms with Gasteiger partial charge < -0.3 is 28.4 Å². The smallest absolute Gasteiger partial charge is 0.340 e. The first kappa shape index (κ1) is 34.5. The van der Waals surface area contributed by atoms with Crippen LogP contribution in [0.15, 0.2) is 146 Å². The maximum Gasteiger partial charge on any atom is 0.340 e. The number of hydrogen-bond acceptors (Lipinski definition) is 7. The molecule has 7 nitrogen and oxygen atoms in total. The standard InChI is InChI=1S/C41H39ClO7/c42-35-23-21-34(22-24-35)40(43)49-41-39(47-28-33-19-11-4-12-20-33)38(46-27-32-17-9-3-10-18-32)37(45-26-31-15-7-2-8-16-31)36(48-41)29-44-25-30-13-5-1-6-14-30/h1-24,36-39,41H,25-29H2/t36-,37-,38+,39-,41+/m1/s1. The zero-order valence-corrected chi connectivity index (χ0v) is 27.8. The second-order valence-electron chi connectivity index (χ2n) is 11.7. The van der Waals surface area contributed by atoms with E-state index in [2.05, 4.69) is 0 Å². The fourth-order valence-corrected chi connectivity index (χ4v) is 5.73. The molecular formula is C41H39ClO7. The van der Waals surface area contributed by atoms with Crippen molar-refractivity contribution in [3.63, 3.8) is 0 Å². The zero-order chi connectivity index (χ0) is 33.7. The van der Waals surface area contributed by atoms with Crippen molar-refractivity contribution in [1.82, 2.24) is 0 Å². The maximum absolute atomic E-state index is 13.5. The minimum atomic E-state index is -1.14. The van der Waals surface area contributed by atoms with Crippen LogP contribution in [-0.4, -0.2) is 43.3 Å². The average Bonchev–Trinajstić information content (AvgIpc) is 3.15.